The Balaban J connectivity index is 0.00000361. The van der Waals surface area contributed by atoms with Crippen LogP contribution < -0.4 is 10.5 Å². The van der Waals surface area contributed by atoms with Gasteiger partial charge in [-0.15, -0.1) is 12.4 Å². The molecular formula is C13H21ClN2O4. The maximum absolute atomic E-state index is 10.8. The summed E-state index contributed by atoms with van der Waals surface area (Å²) in [6, 6.07) is 2.05. The molecule has 0 heterocycles. The molecular weight excluding hydrogens is 284 g/mol. The van der Waals surface area contributed by atoms with Crippen LogP contribution in [0.5, 0.6) is 11.5 Å². The largest absolute Gasteiger partial charge is 0.504 e. The van der Waals surface area contributed by atoms with Crippen LogP contribution in [0.3, 0.4) is 0 Å². The molecule has 1 atom stereocenters. The van der Waals surface area contributed by atoms with Crippen LogP contribution in [0.2, 0.25) is 0 Å². The Morgan fingerprint density at radius 1 is 1.40 bits per heavy atom. The molecule has 0 amide bonds. The predicted octanol–water partition coefficient (Wildman–Crippen LogP) is 3.17. The molecule has 0 aliphatic rings. The molecule has 0 radical (unpaired) electrons. The summed E-state index contributed by atoms with van der Waals surface area (Å²) in [5, 5.41) is 20.9. The van der Waals surface area contributed by atoms with E-state index in [1.54, 1.807) is 0 Å². The molecule has 0 aliphatic carbocycles. The highest BCUT2D eigenvalue weighted by atomic mass is 35.5. The number of nitrogens with zero attached hydrogens (tertiary/aromatic N) is 1. The average molecular weight is 305 g/mol. The lowest BCUT2D eigenvalue weighted by molar-refractivity contribution is -0.385. The maximum Gasteiger partial charge on any atom is 0.273 e. The lowest BCUT2D eigenvalue weighted by atomic mass is 9.97. The van der Waals surface area contributed by atoms with Gasteiger partial charge in [0.15, 0.2) is 11.5 Å². The first kappa shape index (κ1) is 18.5. The summed E-state index contributed by atoms with van der Waals surface area (Å²) in [4.78, 5) is 10.3. The van der Waals surface area contributed by atoms with E-state index < -0.39 is 11.0 Å². The minimum absolute atomic E-state index is 0. The molecule has 0 aromatic heterocycles. The highest BCUT2D eigenvalue weighted by molar-refractivity contribution is 5.85. The van der Waals surface area contributed by atoms with Crippen LogP contribution >= 0.6 is 12.4 Å². The second-order valence-corrected chi connectivity index (χ2v) is 4.92. The number of phenols is 1. The Hall–Kier alpha value is -1.53. The van der Waals surface area contributed by atoms with Gasteiger partial charge in [-0.1, -0.05) is 13.8 Å². The quantitative estimate of drug-likeness (QED) is 0.621. The molecule has 0 unspecified atom stereocenters. The number of phenolic OH excluding ortho intramolecular Hbond substituents is 1. The van der Waals surface area contributed by atoms with E-state index in [0.29, 0.717) is 17.9 Å². The number of nitro benzene ring substituents is 1. The van der Waals surface area contributed by atoms with Crippen LogP contribution in [-0.4, -0.2) is 17.1 Å². The number of nitro groups is 1. The zero-order chi connectivity index (χ0) is 14.6. The molecule has 0 saturated carbocycles. The van der Waals surface area contributed by atoms with Gasteiger partial charge >= 0.3 is 0 Å². The van der Waals surface area contributed by atoms with E-state index in [-0.39, 0.29) is 29.6 Å². The van der Waals surface area contributed by atoms with E-state index in [1.807, 2.05) is 0 Å². The Morgan fingerprint density at radius 2 is 2.00 bits per heavy atom. The van der Waals surface area contributed by atoms with Gasteiger partial charge in [-0.2, -0.15) is 0 Å². The molecule has 0 aliphatic heterocycles. The lowest BCUT2D eigenvalue weighted by Gasteiger charge is -2.16. The van der Waals surface area contributed by atoms with Crippen molar-refractivity contribution in [1.82, 2.24) is 0 Å². The van der Waals surface area contributed by atoms with Crippen molar-refractivity contribution in [2.24, 2.45) is 11.7 Å². The molecule has 0 spiro atoms. The van der Waals surface area contributed by atoms with Gasteiger partial charge in [0.25, 0.3) is 5.69 Å². The molecule has 7 heteroatoms. The molecule has 0 fully saturated rings. The van der Waals surface area contributed by atoms with E-state index in [1.165, 1.54) is 19.2 Å². The monoisotopic (exact) mass is 304 g/mol. The number of benzene rings is 1. The van der Waals surface area contributed by atoms with Gasteiger partial charge in [0, 0.05) is 17.7 Å². The van der Waals surface area contributed by atoms with Crippen LogP contribution in [-0.2, 0) is 0 Å². The van der Waals surface area contributed by atoms with Crippen molar-refractivity contribution in [3.8, 4) is 11.5 Å². The number of methoxy groups -OCH3 is 1. The second-order valence-electron chi connectivity index (χ2n) is 4.92. The molecule has 0 bridgehead atoms. The van der Waals surface area contributed by atoms with Crippen molar-refractivity contribution in [3.63, 3.8) is 0 Å². The van der Waals surface area contributed by atoms with E-state index in [0.717, 1.165) is 6.42 Å². The van der Waals surface area contributed by atoms with E-state index in [9.17, 15) is 15.2 Å². The first-order valence-electron chi connectivity index (χ1n) is 6.17. The summed E-state index contributed by atoms with van der Waals surface area (Å²) in [5.41, 5.74) is 6.22. The Bertz CT molecular complexity index is 466. The Labute approximate surface area is 124 Å². The summed E-state index contributed by atoms with van der Waals surface area (Å²) in [6.45, 7) is 4.14. The first-order chi connectivity index (χ1) is 8.86. The number of nitrogens with two attached hydrogens (primary N) is 1. The Kier molecular flexibility index (Phi) is 7.31. The molecule has 114 valence electrons. The van der Waals surface area contributed by atoms with Crippen molar-refractivity contribution in [1.29, 1.82) is 0 Å². The fourth-order valence-electron chi connectivity index (χ4n) is 1.83. The van der Waals surface area contributed by atoms with Crippen LogP contribution in [0.4, 0.5) is 5.69 Å². The van der Waals surface area contributed by atoms with Crippen LogP contribution in [0.1, 0.15) is 38.3 Å². The second kappa shape index (κ2) is 7.91. The molecule has 1 aromatic carbocycles. The third kappa shape index (κ3) is 4.54. The molecule has 3 N–H and O–H groups in total. The standard InChI is InChI=1S/C13H20N2O4.ClH/c1-8(2)4-5-11(14)10-6-9(15(17)18)7-12(19-3)13(10)16;/h6-8,11,16H,4-5,14H2,1-3H3;1H/t11-;/m1./s1. The van der Waals surface area contributed by atoms with Crippen molar-refractivity contribution >= 4 is 18.1 Å². The van der Waals surface area contributed by atoms with Gasteiger partial charge in [0.05, 0.1) is 18.1 Å². The summed E-state index contributed by atoms with van der Waals surface area (Å²) >= 11 is 0. The van der Waals surface area contributed by atoms with Gasteiger partial charge in [0.1, 0.15) is 0 Å². The van der Waals surface area contributed by atoms with Crippen molar-refractivity contribution in [2.45, 2.75) is 32.7 Å². The van der Waals surface area contributed by atoms with Gasteiger partial charge in [-0.05, 0) is 18.8 Å². The normalized spacial score (nSPS) is 11.8. The minimum atomic E-state index is -0.527. The Morgan fingerprint density at radius 3 is 2.45 bits per heavy atom. The molecule has 0 saturated heterocycles. The highest BCUT2D eigenvalue weighted by Gasteiger charge is 2.21. The number of non-ortho nitro benzene ring substituents is 1. The fraction of sp³-hybridized carbons (Fsp3) is 0.538. The van der Waals surface area contributed by atoms with Gasteiger partial charge < -0.3 is 15.6 Å². The third-order valence-corrected chi connectivity index (χ3v) is 2.97. The van der Waals surface area contributed by atoms with Crippen molar-refractivity contribution < 1.29 is 14.8 Å². The predicted molar refractivity (Wildman–Crippen MR) is 79.6 cm³/mol. The maximum atomic E-state index is 10.8. The number of hydrogen-bond acceptors (Lipinski definition) is 5. The van der Waals surface area contributed by atoms with Crippen LogP contribution in [0.15, 0.2) is 12.1 Å². The zero-order valence-electron chi connectivity index (χ0n) is 11.8. The topological polar surface area (TPSA) is 98.6 Å². The first-order valence-corrected chi connectivity index (χ1v) is 6.17. The van der Waals surface area contributed by atoms with Gasteiger partial charge in [-0.25, -0.2) is 0 Å². The molecule has 6 nitrogen and oxygen atoms in total. The average Bonchev–Trinajstić information content (AvgIpc) is 2.35. The fourth-order valence-corrected chi connectivity index (χ4v) is 1.83. The number of halogens is 1. The lowest BCUT2D eigenvalue weighted by Crippen LogP contribution is -2.12. The molecule has 20 heavy (non-hydrogen) atoms. The highest BCUT2D eigenvalue weighted by Crippen LogP contribution is 2.38. The smallest absolute Gasteiger partial charge is 0.273 e. The summed E-state index contributed by atoms with van der Waals surface area (Å²) in [6.07, 6.45) is 1.53. The summed E-state index contributed by atoms with van der Waals surface area (Å²) in [5.74, 6) is 0.433. The molecule has 1 aromatic rings. The van der Waals surface area contributed by atoms with Gasteiger partial charge in [-0.3, -0.25) is 10.1 Å². The summed E-state index contributed by atoms with van der Waals surface area (Å²) < 4.78 is 4.94. The van der Waals surface area contributed by atoms with Crippen molar-refractivity contribution in [2.75, 3.05) is 7.11 Å². The number of aromatic hydroxyl groups is 1. The number of hydrogen-bond donors (Lipinski definition) is 2. The van der Waals surface area contributed by atoms with Crippen molar-refractivity contribution in [3.05, 3.63) is 27.8 Å². The van der Waals surface area contributed by atoms with Crippen LogP contribution in [0.25, 0.3) is 0 Å². The van der Waals surface area contributed by atoms with Crippen LogP contribution in [0, 0.1) is 16.0 Å². The molecule has 1 rings (SSSR count). The number of rotatable bonds is 6. The summed E-state index contributed by atoms with van der Waals surface area (Å²) in [7, 11) is 1.35. The van der Waals surface area contributed by atoms with Gasteiger partial charge in [0.2, 0.25) is 0 Å². The van der Waals surface area contributed by atoms with E-state index >= 15 is 0 Å². The SMILES string of the molecule is COc1cc([N+](=O)[O-])cc([C@H](N)CCC(C)C)c1O.Cl. The van der Waals surface area contributed by atoms with E-state index in [4.69, 9.17) is 10.5 Å². The van der Waals surface area contributed by atoms with E-state index in [2.05, 4.69) is 13.8 Å². The minimum Gasteiger partial charge on any atom is -0.504 e. The zero-order valence-corrected chi connectivity index (χ0v) is 12.6. The third-order valence-electron chi connectivity index (χ3n) is 2.97. The number of ether oxygens (including phenoxy) is 1.